The first kappa shape index (κ1) is 28.8. The average Bonchev–Trinajstić information content (AvgIpc) is 3.10. The number of nitrogens with zero attached hydrogens (tertiary/aromatic N) is 1. The fourth-order valence-electron chi connectivity index (χ4n) is 7.45. The molecule has 0 bridgehead atoms. The molecule has 0 N–H and O–H groups in total. The summed E-state index contributed by atoms with van der Waals surface area (Å²) in [7, 11) is 0. The molecule has 1 heteroatoms. The maximum absolute atomic E-state index is 2.43. The molecule has 0 spiro atoms. The fraction of sp³-hybridized carbons (Fsp3) is 0.0870. The number of hydrogen-bond acceptors (Lipinski definition) is 1. The van der Waals surface area contributed by atoms with E-state index in [-0.39, 0.29) is 0 Å². The molecule has 47 heavy (non-hydrogen) atoms. The third-order valence-corrected chi connectivity index (χ3v) is 9.92. The van der Waals surface area contributed by atoms with E-state index in [1.807, 2.05) is 0 Å². The second-order valence-corrected chi connectivity index (χ2v) is 12.8. The maximum Gasteiger partial charge on any atom is 0.0540 e. The van der Waals surface area contributed by atoms with E-state index in [0.29, 0.717) is 0 Å². The number of hydrogen-bond donors (Lipinski definition) is 0. The van der Waals surface area contributed by atoms with Crippen molar-refractivity contribution in [2.45, 2.75) is 27.7 Å². The van der Waals surface area contributed by atoms with Crippen molar-refractivity contribution in [1.29, 1.82) is 0 Å². The second kappa shape index (κ2) is 11.6. The Hall–Kier alpha value is -5.66. The highest BCUT2D eigenvalue weighted by Crippen LogP contribution is 2.43. The van der Waals surface area contributed by atoms with Gasteiger partial charge in [0, 0.05) is 16.8 Å². The standard InChI is InChI=1S/C46H37N/c1-30-28-37(22-26-39(30)43-24-20-35-13-5-8-16-41(35)32(43)3)47(46-19-11-15-34-12-7-10-18-45(34)46)38-23-27-40(31(2)29-38)44-25-21-36-14-6-9-17-42(36)33(44)4/h5-29H,1-4H3. The van der Waals surface area contributed by atoms with Crippen LogP contribution in [0.5, 0.6) is 0 Å². The van der Waals surface area contributed by atoms with E-state index in [1.165, 1.54) is 82.5 Å². The molecule has 0 fully saturated rings. The molecular weight excluding hydrogens is 567 g/mol. The molecule has 226 valence electrons. The molecule has 0 aromatic heterocycles. The Labute approximate surface area is 277 Å². The van der Waals surface area contributed by atoms with Crippen LogP contribution in [0.4, 0.5) is 17.1 Å². The lowest BCUT2D eigenvalue weighted by Gasteiger charge is -2.28. The van der Waals surface area contributed by atoms with Gasteiger partial charge in [-0.15, -0.1) is 0 Å². The summed E-state index contributed by atoms with van der Waals surface area (Å²) in [5.74, 6) is 0. The van der Waals surface area contributed by atoms with Gasteiger partial charge < -0.3 is 4.90 Å². The van der Waals surface area contributed by atoms with Crippen LogP contribution in [-0.2, 0) is 0 Å². The number of anilines is 3. The highest BCUT2D eigenvalue weighted by molar-refractivity contribution is 6.00. The topological polar surface area (TPSA) is 3.24 Å². The van der Waals surface area contributed by atoms with Crippen LogP contribution in [0, 0.1) is 27.7 Å². The minimum absolute atomic E-state index is 1.15. The molecule has 8 aromatic carbocycles. The second-order valence-electron chi connectivity index (χ2n) is 12.8. The van der Waals surface area contributed by atoms with Crippen molar-refractivity contribution < 1.29 is 0 Å². The summed E-state index contributed by atoms with van der Waals surface area (Å²) in [6, 6.07) is 55.6. The summed E-state index contributed by atoms with van der Waals surface area (Å²) in [6.07, 6.45) is 0. The first-order valence-electron chi connectivity index (χ1n) is 16.4. The minimum Gasteiger partial charge on any atom is -0.310 e. The Kier molecular flexibility index (Phi) is 7.11. The first-order valence-corrected chi connectivity index (χ1v) is 16.4. The number of fused-ring (bicyclic) bond motifs is 3. The fourth-order valence-corrected chi connectivity index (χ4v) is 7.45. The average molecular weight is 604 g/mol. The number of aryl methyl sites for hydroxylation is 4. The van der Waals surface area contributed by atoms with Gasteiger partial charge in [-0.1, -0.05) is 121 Å². The summed E-state index contributed by atoms with van der Waals surface area (Å²) in [6.45, 7) is 8.97. The summed E-state index contributed by atoms with van der Waals surface area (Å²) in [5, 5.41) is 7.64. The highest BCUT2D eigenvalue weighted by Gasteiger charge is 2.19. The molecule has 0 heterocycles. The largest absolute Gasteiger partial charge is 0.310 e. The summed E-state index contributed by atoms with van der Waals surface area (Å²) in [5.41, 5.74) is 13.7. The van der Waals surface area contributed by atoms with E-state index < -0.39 is 0 Å². The van der Waals surface area contributed by atoms with Crippen LogP contribution >= 0.6 is 0 Å². The van der Waals surface area contributed by atoms with Crippen LogP contribution < -0.4 is 4.90 Å². The van der Waals surface area contributed by atoms with Crippen molar-refractivity contribution in [1.82, 2.24) is 0 Å². The molecule has 0 aliphatic heterocycles. The van der Waals surface area contributed by atoms with Crippen molar-refractivity contribution in [3.63, 3.8) is 0 Å². The predicted molar refractivity (Wildman–Crippen MR) is 203 cm³/mol. The van der Waals surface area contributed by atoms with Gasteiger partial charge in [-0.2, -0.15) is 0 Å². The summed E-state index contributed by atoms with van der Waals surface area (Å²) >= 11 is 0. The number of benzene rings is 8. The van der Waals surface area contributed by atoms with Gasteiger partial charge in [0.05, 0.1) is 5.69 Å². The van der Waals surface area contributed by atoms with Gasteiger partial charge >= 0.3 is 0 Å². The van der Waals surface area contributed by atoms with Gasteiger partial charge in [0.25, 0.3) is 0 Å². The molecule has 8 rings (SSSR count). The lowest BCUT2D eigenvalue weighted by Crippen LogP contribution is -2.11. The Morgan fingerprint density at radius 1 is 0.340 bits per heavy atom. The zero-order valence-corrected chi connectivity index (χ0v) is 27.4. The smallest absolute Gasteiger partial charge is 0.0540 e. The van der Waals surface area contributed by atoms with Crippen LogP contribution in [0.25, 0.3) is 54.6 Å². The van der Waals surface area contributed by atoms with Gasteiger partial charge in [-0.3, -0.25) is 0 Å². The predicted octanol–water partition coefficient (Wildman–Crippen LogP) is 13.2. The van der Waals surface area contributed by atoms with Crippen molar-refractivity contribution in [3.8, 4) is 22.3 Å². The van der Waals surface area contributed by atoms with Crippen LogP contribution in [0.2, 0.25) is 0 Å². The molecule has 0 radical (unpaired) electrons. The normalized spacial score (nSPS) is 11.4. The quantitative estimate of drug-likeness (QED) is 0.189. The molecular formula is C46H37N. The van der Waals surface area contributed by atoms with Gasteiger partial charge in [0.15, 0.2) is 0 Å². The Balaban J connectivity index is 1.28. The Morgan fingerprint density at radius 3 is 1.23 bits per heavy atom. The Morgan fingerprint density at radius 2 is 0.745 bits per heavy atom. The van der Waals surface area contributed by atoms with Crippen molar-refractivity contribution in [3.05, 3.63) is 174 Å². The first-order chi connectivity index (χ1) is 23.0. The van der Waals surface area contributed by atoms with Gasteiger partial charge in [0.1, 0.15) is 0 Å². The van der Waals surface area contributed by atoms with Crippen LogP contribution in [0.1, 0.15) is 22.3 Å². The van der Waals surface area contributed by atoms with Crippen molar-refractivity contribution >= 4 is 49.4 Å². The minimum atomic E-state index is 1.15. The van der Waals surface area contributed by atoms with E-state index in [2.05, 4.69) is 184 Å². The van der Waals surface area contributed by atoms with Crippen LogP contribution in [0.3, 0.4) is 0 Å². The SMILES string of the molecule is Cc1cc(N(c2ccc(-c3ccc4ccccc4c3C)c(C)c2)c2cccc3ccccc23)ccc1-c1ccc2ccccc2c1C. The van der Waals surface area contributed by atoms with E-state index in [9.17, 15) is 0 Å². The maximum atomic E-state index is 2.43. The van der Waals surface area contributed by atoms with E-state index >= 15 is 0 Å². The lowest BCUT2D eigenvalue weighted by atomic mass is 9.91. The summed E-state index contributed by atoms with van der Waals surface area (Å²) < 4.78 is 0. The van der Waals surface area contributed by atoms with Crippen LogP contribution in [-0.4, -0.2) is 0 Å². The zero-order valence-electron chi connectivity index (χ0n) is 27.4. The van der Waals surface area contributed by atoms with Gasteiger partial charge in [-0.05, 0) is 129 Å². The molecule has 0 aliphatic carbocycles. The molecule has 0 saturated heterocycles. The van der Waals surface area contributed by atoms with E-state index in [4.69, 9.17) is 0 Å². The molecule has 0 unspecified atom stereocenters. The van der Waals surface area contributed by atoms with E-state index in [0.717, 1.165) is 11.4 Å². The molecule has 0 saturated carbocycles. The molecule has 0 amide bonds. The molecule has 0 aliphatic rings. The van der Waals surface area contributed by atoms with Gasteiger partial charge in [0.2, 0.25) is 0 Å². The third kappa shape index (κ3) is 4.96. The monoisotopic (exact) mass is 603 g/mol. The molecule has 8 aromatic rings. The zero-order chi connectivity index (χ0) is 32.1. The highest BCUT2D eigenvalue weighted by atomic mass is 15.1. The van der Waals surface area contributed by atoms with Crippen molar-refractivity contribution in [2.75, 3.05) is 4.90 Å². The number of rotatable bonds is 5. The molecule has 0 atom stereocenters. The lowest BCUT2D eigenvalue weighted by molar-refractivity contribution is 1.27. The van der Waals surface area contributed by atoms with Gasteiger partial charge in [-0.25, -0.2) is 0 Å². The van der Waals surface area contributed by atoms with Crippen molar-refractivity contribution in [2.24, 2.45) is 0 Å². The third-order valence-electron chi connectivity index (χ3n) is 9.92. The molecule has 1 nitrogen and oxygen atoms in total. The summed E-state index contributed by atoms with van der Waals surface area (Å²) in [4.78, 5) is 2.43. The Bertz CT molecular complexity index is 2330. The van der Waals surface area contributed by atoms with E-state index in [1.54, 1.807) is 0 Å². The van der Waals surface area contributed by atoms with Crippen LogP contribution in [0.15, 0.2) is 152 Å².